The Morgan fingerprint density at radius 2 is 1.89 bits per heavy atom. The minimum atomic E-state index is 0.243. The Morgan fingerprint density at radius 1 is 1.21 bits per heavy atom. The van der Waals surface area contributed by atoms with E-state index in [1.807, 2.05) is 6.07 Å². The number of benzene rings is 1. The molecule has 19 heavy (non-hydrogen) atoms. The second-order valence-electron chi connectivity index (χ2n) is 5.55. The molecule has 0 amide bonds. The molecule has 0 saturated carbocycles. The maximum atomic E-state index is 6.19. The van der Waals surface area contributed by atoms with Gasteiger partial charge in [0.2, 0.25) is 0 Å². The van der Waals surface area contributed by atoms with Crippen molar-refractivity contribution in [3.8, 4) is 0 Å². The van der Waals surface area contributed by atoms with E-state index in [2.05, 4.69) is 24.0 Å². The molecule has 3 heteroatoms. The molecule has 2 N–H and O–H groups in total. The van der Waals surface area contributed by atoms with E-state index >= 15 is 0 Å². The summed E-state index contributed by atoms with van der Waals surface area (Å²) in [6.45, 7) is 4.44. The molecule has 1 fully saturated rings. The zero-order chi connectivity index (χ0) is 13.7. The molecule has 1 atom stereocenters. The highest BCUT2D eigenvalue weighted by atomic mass is 35.5. The molecule has 0 aliphatic carbocycles. The first-order chi connectivity index (χ1) is 9.20. The topological polar surface area (TPSA) is 29.3 Å². The first-order valence-corrected chi connectivity index (χ1v) is 7.87. The first-order valence-electron chi connectivity index (χ1n) is 7.49. The summed E-state index contributed by atoms with van der Waals surface area (Å²) in [5.74, 6) is 0. The zero-order valence-corrected chi connectivity index (χ0v) is 12.6. The van der Waals surface area contributed by atoms with Crippen molar-refractivity contribution in [2.24, 2.45) is 5.73 Å². The standard InChI is InChI=1S/C16H25ClN2/c1-2-15(18)11-13-7-8-14(17)12-16(13)19-9-5-3-4-6-10-19/h7-8,12,15H,2-6,9-11,18H2,1H3. The number of halogens is 1. The van der Waals surface area contributed by atoms with Crippen molar-refractivity contribution in [1.82, 2.24) is 0 Å². The van der Waals surface area contributed by atoms with Gasteiger partial charge < -0.3 is 10.6 Å². The number of nitrogens with two attached hydrogens (primary N) is 1. The van der Waals surface area contributed by atoms with Gasteiger partial charge in [-0.15, -0.1) is 0 Å². The van der Waals surface area contributed by atoms with E-state index in [0.717, 1.165) is 31.0 Å². The highest BCUT2D eigenvalue weighted by Gasteiger charge is 2.15. The van der Waals surface area contributed by atoms with Gasteiger partial charge in [0.25, 0.3) is 0 Å². The average Bonchev–Trinajstić information content (AvgIpc) is 2.69. The lowest BCUT2D eigenvalue weighted by Gasteiger charge is -2.26. The number of nitrogens with zero attached hydrogens (tertiary/aromatic N) is 1. The van der Waals surface area contributed by atoms with Gasteiger partial charge in [-0.3, -0.25) is 0 Å². The van der Waals surface area contributed by atoms with Gasteiger partial charge in [0, 0.05) is 29.8 Å². The summed E-state index contributed by atoms with van der Waals surface area (Å²) < 4.78 is 0. The van der Waals surface area contributed by atoms with Crippen LogP contribution >= 0.6 is 11.6 Å². The monoisotopic (exact) mass is 280 g/mol. The molecule has 2 rings (SSSR count). The van der Waals surface area contributed by atoms with E-state index in [9.17, 15) is 0 Å². The second kappa shape index (κ2) is 7.16. The van der Waals surface area contributed by atoms with Crippen molar-refractivity contribution in [1.29, 1.82) is 0 Å². The molecule has 1 unspecified atom stereocenters. The van der Waals surface area contributed by atoms with E-state index in [-0.39, 0.29) is 6.04 Å². The number of anilines is 1. The Morgan fingerprint density at radius 3 is 2.53 bits per heavy atom. The van der Waals surface area contributed by atoms with Gasteiger partial charge in [0.05, 0.1) is 0 Å². The maximum Gasteiger partial charge on any atom is 0.0426 e. The molecular formula is C16H25ClN2. The van der Waals surface area contributed by atoms with Crippen LogP contribution in [0.15, 0.2) is 18.2 Å². The molecule has 1 saturated heterocycles. The summed E-state index contributed by atoms with van der Waals surface area (Å²) in [6, 6.07) is 6.50. The minimum absolute atomic E-state index is 0.243. The Kier molecular flexibility index (Phi) is 5.53. The summed E-state index contributed by atoms with van der Waals surface area (Å²) in [5.41, 5.74) is 8.77. The quantitative estimate of drug-likeness (QED) is 0.903. The molecule has 1 aromatic rings. The van der Waals surface area contributed by atoms with E-state index in [0.29, 0.717) is 0 Å². The molecule has 1 aliphatic rings. The van der Waals surface area contributed by atoms with Crippen molar-refractivity contribution < 1.29 is 0 Å². The van der Waals surface area contributed by atoms with Crippen LogP contribution in [0.4, 0.5) is 5.69 Å². The van der Waals surface area contributed by atoms with Crippen molar-refractivity contribution in [2.75, 3.05) is 18.0 Å². The van der Waals surface area contributed by atoms with Gasteiger partial charge in [-0.2, -0.15) is 0 Å². The van der Waals surface area contributed by atoms with Crippen molar-refractivity contribution >= 4 is 17.3 Å². The van der Waals surface area contributed by atoms with Crippen LogP contribution in [0.3, 0.4) is 0 Å². The van der Waals surface area contributed by atoms with Crippen LogP contribution in [0, 0.1) is 0 Å². The summed E-state index contributed by atoms with van der Waals surface area (Å²) in [7, 11) is 0. The predicted octanol–water partition coefficient (Wildman–Crippen LogP) is 4.00. The average molecular weight is 281 g/mol. The highest BCUT2D eigenvalue weighted by Crippen LogP contribution is 2.28. The Balaban J connectivity index is 2.22. The minimum Gasteiger partial charge on any atom is -0.371 e. The fourth-order valence-electron chi connectivity index (χ4n) is 2.74. The fraction of sp³-hybridized carbons (Fsp3) is 0.625. The summed E-state index contributed by atoms with van der Waals surface area (Å²) >= 11 is 6.19. The van der Waals surface area contributed by atoms with E-state index in [1.54, 1.807) is 0 Å². The molecule has 1 aromatic carbocycles. The Labute approximate surface area is 121 Å². The van der Waals surface area contributed by atoms with Crippen molar-refractivity contribution in [2.45, 2.75) is 51.5 Å². The fourth-order valence-corrected chi connectivity index (χ4v) is 2.91. The third kappa shape index (κ3) is 4.12. The lowest BCUT2D eigenvalue weighted by Crippen LogP contribution is -2.27. The third-order valence-corrected chi connectivity index (χ3v) is 4.24. The molecule has 0 spiro atoms. The Hall–Kier alpha value is -0.730. The van der Waals surface area contributed by atoms with E-state index in [4.69, 9.17) is 17.3 Å². The number of hydrogen-bond acceptors (Lipinski definition) is 2. The van der Waals surface area contributed by atoms with E-state index < -0.39 is 0 Å². The molecule has 2 nitrogen and oxygen atoms in total. The van der Waals surface area contributed by atoms with Gasteiger partial charge in [-0.05, 0) is 43.4 Å². The summed E-state index contributed by atoms with van der Waals surface area (Å²) in [4.78, 5) is 2.50. The molecule has 106 valence electrons. The Bertz CT molecular complexity index is 398. The maximum absolute atomic E-state index is 6.19. The molecule has 0 radical (unpaired) electrons. The SMILES string of the molecule is CCC(N)Cc1ccc(Cl)cc1N1CCCCCC1. The van der Waals surface area contributed by atoms with E-state index in [1.165, 1.54) is 36.9 Å². The molecule has 1 aliphatic heterocycles. The summed E-state index contributed by atoms with van der Waals surface area (Å²) in [5, 5.41) is 0.827. The van der Waals surface area contributed by atoms with Crippen molar-refractivity contribution in [3.63, 3.8) is 0 Å². The lowest BCUT2D eigenvalue weighted by molar-refractivity contribution is 0.643. The van der Waals surface area contributed by atoms with Crippen molar-refractivity contribution in [3.05, 3.63) is 28.8 Å². The molecular weight excluding hydrogens is 256 g/mol. The largest absolute Gasteiger partial charge is 0.371 e. The van der Waals surface area contributed by atoms with Gasteiger partial charge in [-0.25, -0.2) is 0 Å². The third-order valence-electron chi connectivity index (χ3n) is 4.00. The summed E-state index contributed by atoms with van der Waals surface area (Å²) in [6.07, 6.45) is 7.22. The molecule has 0 aromatic heterocycles. The predicted molar refractivity (Wildman–Crippen MR) is 84.1 cm³/mol. The normalized spacial score (nSPS) is 18.2. The lowest BCUT2D eigenvalue weighted by atomic mass is 10.0. The van der Waals surface area contributed by atoms with Gasteiger partial charge in [0.15, 0.2) is 0 Å². The molecule has 1 heterocycles. The number of hydrogen-bond donors (Lipinski definition) is 1. The van der Waals surface area contributed by atoms with Crippen LogP contribution in [-0.4, -0.2) is 19.1 Å². The van der Waals surface area contributed by atoms with Crippen LogP contribution in [0.2, 0.25) is 5.02 Å². The molecule has 0 bridgehead atoms. The van der Waals surface area contributed by atoms with Crippen LogP contribution < -0.4 is 10.6 Å². The zero-order valence-electron chi connectivity index (χ0n) is 11.9. The van der Waals surface area contributed by atoms with Gasteiger partial charge in [0.1, 0.15) is 0 Å². The van der Waals surface area contributed by atoms with Crippen LogP contribution in [0.1, 0.15) is 44.6 Å². The van der Waals surface area contributed by atoms with Gasteiger partial charge >= 0.3 is 0 Å². The van der Waals surface area contributed by atoms with Gasteiger partial charge in [-0.1, -0.05) is 37.4 Å². The first kappa shape index (κ1) is 14.7. The van der Waals surface area contributed by atoms with Crippen LogP contribution in [0.5, 0.6) is 0 Å². The number of rotatable bonds is 4. The van der Waals surface area contributed by atoms with Crippen LogP contribution in [-0.2, 0) is 6.42 Å². The smallest absolute Gasteiger partial charge is 0.0426 e. The second-order valence-corrected chi connectivity index (χ2v) is 5.98. The highest BCUT2D eigenvalue weighted by molar-refractivity contribution is 6.30. The van der Waals surface area contributed by atoms with Crippen LogP contribution in [0.25, 0.3) is 0 Å².